The Hall–Kier alpha value is -5.16. The van der Waals surface area contributed by atoms with E-state index in [1.54, 1.807) is 7.11 Å². The fraction of sp³-hybridized carbons (Fsp3) is 0.200. The zero-order valence-electron chi connectivity index (χ0n) is 25.6. The van der Waals surface area contributed by atoms with Gasteiger partial charge in [-0.2, -0.15) is 0 Å². The number of benzene rings is 5. The number of rotatable bonds is 10. The van der Waals surface area contributed by atoms with Gasteiger partial charge in [0.2, 0.25) is 5.91 Å². The second-order valence-corrected chi connectivity index (χ2v) is 11.6. The Morgan fingerprint density at radius 1 is 0.756 bits per heavy atom. The summed E-state index contributed by atoms with van der Waals surface area (Å²) in [5.74, 6) is 0.971. The maximum Gasteiger partial charge on any atom is 0.232 e. The van der Waals surface area contributed by atoms with Crippen LogP contribution in [0.3, 0.4) is 0 Å². The van der Waals surface area contributed by atoms with Crippen LogP contribution in [0.15, 0.2) is 133 Å². The number of anilines is 2. The number of hydrogen-bond acceptors (Lipinski definition) is 4. The highest BCUT2D eigenvalue weighted by molar-refractivity contribution is 6.03. The Labute approximate surface area is 265 Å². The summed E-state index contributed by atoms with van der Waals surface area (Å²) in [7, 11) is 1.65. The van der Waals surface area contributed by atoms with Gasteiger partial charge in [0.25, 0.3) is 0 Å². The highest BCUT2D eigenvalue weighted by atomic mass is 16.5. The molecule has 0 radical (unpaired) electrons. The predicted octanol–water partition coefficient (Wildman–Crippen LogP) is 8.43. The first-order valence-corrected chi connectivity index (χ1v) is 15.6. The molecular formula is C40H38N2O3. The summed E-state index contributed by atoms with van der Waals surface area (Å²) < 4.78 is 5.29. The lowest BCUT2D eigenvalue weighted by atomic mass is 9.79. The van der Waals surface area contributed by atoms with Crippen molar-refractivity contribution in [2.45, 2.75) is 25.2 Å². The van der Waals surface area contributed by atoms with Gasteiger partial charge in [-0.3, -0.25) is 9.59 Å². The van der Waals surface area contributed by atoms with Crippen molar-refractivity contribution < 1.29 is 14.3 Å². The minimum Gasteiger partial charge on any atom is -0.497 e. The molecule has 1 N–H and O–H groups in total. The zero-order valence-corrected chi connectivity index (χ0v) is 25.6. The van der Waals surface area contributed by atoms with E-state index in [0.717, 1.165) is 70.9 Å². The van der Waals surface area contributed by atoms with Crippen molar-refractivity contribution in [3.63, 3.8) is 0 Å². The molecule has 1 saturated heterocycles. The summed E-state index contributed by atoms with van der Waals surface area (Å²) >= 11 is 0. The van der Waals surface area contributed by atoms with Gasteiger partial charge in [0.1, 0.15) is 5.75 Å². The molecule has 5 heteroatoms. The number of nitrogens with zero attached hydrogens (tertiary/aromatic N) is 1. The second kappa shape index (κ2) is 14.1. The monoisotopic (exact) mass is 594 g/mol. The number of ether oxygens (including phenoxy) is 1. The van der Waals surface area contributed by atoms with Crippen LogP contribution in [0.2, 0.25) is 0 Å². The van der Waals surface area contributed by atoms with Gasteiger partial charge in [0.05, 0.1) is 13.0 Å². The van der Waals surface area contributed by atoms with Crippen LogP contribution in [0, 0.1) is 5.92 Å². The highest BCUT2D eigenvalue weighted by Gasteiger charge is 2.33. The normalized spacial score (nSPS) is 14.0. The topological polar surface area (TPSA) is 58.6 Å². The Morgan fingerprint density at radius 2 is 1.38 bits per heavy atom. The van der Waals surface area contributed by atoms with Crippen LogP contribution >= 0.6 is 0 Å². The number of ketones is 1. The molecule has 1 fully saturated rings. The van der Waals surface area contributed by atoms with Gasteiger partial charge in [-0.15, -0.1) is 0 Å². The van der Waals surface area contributed by atoms with Crippen LogP contribution in [-0.4, -0.2) is 31.9 Å². The van der Waals surface area contributed by atoms with E-state index in [-0.39, 0.29) is 23.5 Å². The summed E-state index contributed by atoms with van der Waals surface area (Å²) in [5, 5.41) is 3.15. The minimum atomic E-state index is -0.206. The first-order valence-electron chi connectivity index (χ1n) is 15.6. The van der Waals surface area contributed by atoms with Gasteiger partial charge in [-0.1, -0.05) is 97.1 Å². The van der Waals surface area contributed by atoms with Crippen molar-refractivity contribution in [1.29, 1.82) is 0 Å². The van der Waals surface area contributed by atoms with E-state index in [4.69, 9.17) is 4.74 Å². The molecule has 0 spiro atoms. The number of hydrogen-bond donors (Lipinski definition) is 1. The molecule has 45 heavy (non-hydrogen) atoms. The maximum absolute atomic E-state index is 13.6. The number of carbonyl (C=O) groups is 2. The number of nitrogens with one attached hydrogen (secondary N) is 1. The van der Waals surface area contributed by atoms with Crippen LogP contribution in [0.25, 0.3) is 11.1 Å². The standard InChI is InChI=1S/C40H38N2O3/c1-45-35-22-18-30(19-23-35)36-14-8-9-15-37(36)38(43)28-29-16-20-34(21-17-29)42-26-24-32(25-27-42)39(31-10-4-2-5-11-31)40(44)41-33-12-6-3-7-13-33/h2-23,32,39H,24-28H2,1H3,(H,41,44). The Morgan fingerprint density at radius 3 is 2.04 bits per heavy atom. The van der Waals surface area contributed by atoms with Gasteiger partial charge < -0.3 is 15.0 Å². The Bertz CT molecular complexity index is 1710. The average molecular weight is 595 g/mol. The highest BCUT2D eigenvalue weighted by Crippen LogP contribution is 2.35. The number of para-hydroxylation sites is 1. The summed E-state index contributed by atoms with van der Waals surface area (Å²) in [4.78, 5) is 29.4. The number of amides is 1. The molecule has 1 unspecified atom stereocenters. The van der Waals surface area contributed by atoms with Crippen molar-refractivity contribution in [2.75, 3.05) is 30.4 Å². The number of carbonyl (C=O) groups excluding carboxylic acids is 2. The summed E-state index contributed by atoms with van der Waals surface area (Å²) in [6.07, 6.45) is 2.18. The molecule has 5 aromatic carbocycles. The summed E-state index contributed by atoms with van der Waals surface area (Å²) in [5.41, 5.74) is 6.66. The van der Waals surface area contributed by atoms with E-state index in [0.29, 0.717) is 6.42 Å². The summed E-state index contributed by atoms with van der Waals surface area (Å²) in [6, 6.07) is 43.8. The van der Waals surface area contributed by atoms with Gasteiger partial charge >= 0.3 is 0 Å². The fourth-order valence-electron chi connectivity index (χ4n) is 6.38. The van der Waals surface area contributed by atoms with E-state index < -0.39 is 0 Å². The van der Waals surface area contributed by atoms with Crippen molar-refractivity contribution in [3.05, 3.63) is 150 Å². The lowest BCUT2D eigenvalue weighted by Gasteiger charge is -2.37. The van der Waals surface area contributed by atoms with Crippen LogP contribution in [-0.2, 0) is 11.2 Å². The number of Topliss-reactive ketones (excluding diaryl/α,β-unsaturated/α-hetero) is 1. The van der Waals surface area contributed by atoms with Crippen LogP contribution in [0.5, 0.6) is 5.75 Å². The van der Waals surface area contributed by atoms with Crippen molar-refractivity contribution in [2.24, 2.45) is 5.92 Å². The molecule has 1 amide bonds. The third kappa shape index (κ3) is 7.15. The maximum atomic E-state index is 13.6. The fourth-order valence-corrected chi connectivity index (χ4v) is 6.38. The first-order chi connectivity index (χ1) is 22.1. The predicted molar refractivity (Wildman–Crippen MR) is 182 cm³/mol. The zero-order chi connectivity index (χ0) is 31.0. The number of piperidine rings is 1. The number of methoxy groups -OCH3 is 1. The lowest BCUT2D eigenvalue weighted by Crippen LogP contribution is -2.38. The van der Waals surface area contributed by atoms with E-state index in [1.165, 1.54) is 0 Å². The molecule has 5 nitrogen and oxygen atoms in total. The minimum absolute atomic E-state index is 0.0495. The molecule has 226 valence electrons. The molecule has 1 heterocycles. The average Bonchev–Trinajstić information content (AvgIpc) is 3.10. The molecule has 1 aliphatic heterocycles. The molecule has 0 bridgehead atoms. The van der Waals surface area contributed by atoms with E-state index >= 15 is 0 Å². The molecule has 0 aromatic heterocycles. The second-order valence-electron chi connectivity index (χ2n) is 11.6. The Kier molecular flexibility index (Phi) is 9.35. The van der Waals surface area contributed by atoms with Crippen molar-refractivity contribution >= 4 is 23.1 Å². The van der Waals surface area contributed by atoms with Crippen LogP contribution in [0.1, 0.15) is 40.2 Å². The molecule has 0 saturated carbocycles. The lowest BCUT2D eigenvalue weighted by molar-refractivity contribution is -0.119. The van der Waals surface area contributed by atoms with Gasteiger partial charge in [-0.25, -0.2) is 0 Å². The smallest absolute Gasteiger partial charge is 0.232 e. The van der Waals surface area contributed by atoms with Crippen LogP contribution < -0.4 is 15.0 Å². The summed E-state index contributed by atoms with van der Waals surface area (Å²) in [6.45, 7) is 1.75. The van der Waals surface area contributed by atoms with Gasteiger partial charge in [0, 0.05) is 36.4 Å². The molecule has 0 aliphatic carbocycles. The molecule has 1 aliphatic rings. The van der Waals surface area contributed by atoms with Crippen LogP contribution in [0.4, 0.5) is 11.4 Å². The quantitative estimate of drug-likeness (QED) is 0.165. The molecular weight excluding hydrogens is 556 g/mol. The largest absolute Gasteiger partial charge is 0.497 e. The van der Waals surface area contributed by atoms with E-state index in [9.17, 15) is 9.59 Å². The van der Waals surface area contributed by atoms with E-state index in [1.807, 2.05) is 97.1 Å². The molecule has 1 atom stereocenters. The van der Waals surface area contributed by atoms with Crippen molar-refractivity contribution in [1.82, 2.24) is 0 Å². The third-order valence-corrected chi connectivity index (χ3v) is 8.79. The van der Waals surface area contributed by atoms with Gasteiger partial charge in [0.15, 0.2) is 5.78 Å². The SMILES string of the molecule is COc1ccc(-c2ccccc2C(=O)Cc2ccc(N3CCC(C(C(=O)Nc4ccccc4)c4ccccc4)CC3)cc2)cc1. The first kappa shape index (κ1) is 29.9. The van der Waals surface area contributed by atoms with E-state index in [2.05, 4.69) is 46.6 Å². The van der Waals surface area contributed by atoms with Gasteiger partial charge in [-0.05, 0) is 77.4 Å². The molecule has 6 rings (SSSR count). The van der Waals surface area contributed by atoms with Crippen molar-refractivity contribution in [3.8, 4) is 16.9 Å². The Balaban J connectivity index is 1.10. The third-order valence-electron chi connectivity index (χ3n) is 8.79. The molecule has 5 aromatic rings.